The molecule has 0 saturated carbocycles. The SMILES string of the molecule is CCCCCCCCCCCC.O=S(=O)(F)F. The molecule has 2 nitrogen and oxygen atoms in total. The molecule has 0 amide bonds. The number of rotatable bonds is 9. The third-order valence-corrected chi connectivity index (χ3v) is 2.46. The molecule has 0 aliphatic heterocycles. The van der Waals surface area contributed by atoms with Gasteiger partial charge in [0.2, 0.25) is 0 Å². The van der Waals surface area contributed by atoms with Crippen molar-refractivity contribution in [3.8, 4) is 0 Å². The number of hydrogen-bond acceptors (Lipinski definition) is 2. The zero-order chi connectivity index (χ0) is 13.6. The first-order chi connectivity index (χ1) is 7.91. The predicted molar refractivity (Wildman–Crippen MR) is 68.7 cm³/mol. The third kappa shape index (κ3) is 38.8. The maximum absolute atomic E-state index is 9.99. The van der Waals surface area contributed by atoms with E-state index in [1.54, 1.807) is 0 Å². The van der Waals surface area contributed by atoms with Crippen molar-refractivity contribution in [1.29, 1.82) is 0 Å². The summed E-state index contributed by atoms with van der Waals surface area (Å²) in [4.78, 5) is 0. The Morgan fingerprint density at radius 2 is 0.824 bits per heavy atom. The van der Waals surface area contributed by atoms with Gasteiger partial charge in [0.15, 0.2) is 0 Å². The summed E-state index contributed by atoms with van der Waals surface area (Å²) in [6.07, 6.45) is 14.4. The highest BCUT2D eigenvalue weighted by atomic mass is 32.3. The fourth-order valence-corrected chi connectivity index (χ4v) is 1.56. The van der Waals surface area contributed by atoms with E-state index in [0.717, 1.165) is 0 Å². The number of halogens is 2. The van der Waals surface area contributed by atoms with Gasteiger partial charge >= 0.3 is 10.6 Å². The van der Waals surface area contributed by atoms with E-state index in [4.69, 9.17) is 8.42 Å². The van der Waals surface area contributed by atoms with Crippen molar-refractivity contribution in [3.63, 3.8) is 0 Å². The van der Waals surface area contributed by atoms with Crippen LogP contribution in [-0.4, -0.2) is 8.42 Å². The smallest absolute Gasteiger partial charge is 0.160 e. The molecule has 106 valence electrons. The van der Waals surface area contributed by atoms with Crippen molar-refractivity contribution in [1.82, 2.24) is 0 Å². The largest absolute Gasteiger partial charge is 0.476 e. The van der Waals surface area contributed by atoms with Crippen molar-refractivity contribution in [2.75, 3.05) is 0 Å². The third-order valence-electron chi connectivity index (χ3n) is 2.46. The molecular weight excluding hydrogens is 246 g/mol. The average molecular weight is 272 g/mol. The highest BCUT2D eigenvalue weighted by Crippen LogP contribution is 2.09. The van der Waals surface area contributed by atoms with Crippen molar-refractivity contribution in [3.05, 3.63) is 0 Å². The minimum absolute atomic E-state index is 1.37. The molecule has 0 aromatic heterocycles. The summed E-state index contributed by atoms with van der Waals surface area (Å²) in [5, 5.41) is 0. The van der Waals surface area contributed by atoms with Gasteiger partial charge in [-0.2, -0.15) is 8.42 Å². The van der Waals surface area contributed by atoms with Crippen LogP contribution in [0.1, 0.15) is 78.1 Å². The zero-order valence-corrected chi connectivity index (χ0v) is 11.9. The van der Waals surface area contributed by atoms with Gasteiger partial charge in [-0.25, -0.2) is 0 Å². The summed E-state index contributed by atoms with van der Waals surface area (Å²) in [7, 11) is -5.67. The maximum atomic E-state index is 9.99. The molecule has 0 aliphatic carbocycles. The predicted octanol–water partition coefficient (Wildman–Crippen LogP) is 5.10. The molecule has 0 heterocycles. The van der Waals surface area contributed by atoms with Crippen LogP contribution in [0.2, 0.25) is 0 Å². The molecule has 0 fully saturated rings. The number of hydrogen-bond donors (Lipinski definition) is 0. The lowest BCUT2D eigenvalue weighted by molar-refractivity contribution is 0.501. The first-order valence-electron chi connectivity index (χ1n) is 6.56. The van der Waals surface area contributed by atoms with Crippen LogP contribution in [0.15, 0.2) is 0 Å². The Labute approximate surface area is 105 Å². The fourth-order valence-electron chi connectivity index (χ4n) is 1.56. The summed E-state index contributed by atoms with van der Waals surface area (Å²) >= 11 is 0. The highest BCUT2D eigenvalue weighted by Gasteiger charge is 1.94. The van der Waals surface area contributed by atoms with Gasteiger partial charge < -0.3 is 0 Å². The first-order valence-corrected chi connectivity index (χ1v) is 7.84. The minimum Gasteiger partial charge on any atom is -0.160 e. The Balaban J connectivity index is 0. The van der Waals surface area contributed by atoms with Gasteiger partial charge in [0, 0.05) is 0 Å². The van der Waals surface area contributed by atoms with Crippen molar-refractivity contribution >= 4 is 10.6 Å². The van der Waals surface area contributed by atoms with Crippen molar-refractivity contribution in [2.45, 2.75) is 78.1 Å². The van der Waals surface area contributed by atoms with Gasteiger partial charge in [0.25, 0.3) is 0 Å². The van der Waals surface area contributed by atoms with Crippen LogP contribution in [0.4, 0.5) is 7.77 Å². The molecule has 0 radical (unpaired) electrons. The molecule has 0 rings (SSSR count). The van der Waals surface area contributed by atoms with E-state index in [9.17, 15) is 7.77 Å². The molecule has 0 unspecified atom stereocenters. The summed E-state index contributed by atoms with van der Waals surface area (Å²) in [5.41, 5.74) is 0. The molecule has 17 heavy (non-hydrogen) atoms. The Morgan fingerprint density at radius 1 is 0.647 bits per heavy atom. The second kappa shape index (κ2) is 13.9. The quantitative estimate of drug-likeness (QED) is 0.432. The Hall–Kier alpha value is -0.190. The van der Waals surface area contributed by atoms with Gasteiger partial charge in [-0.05, 0) is 0 Å². The molecule has 0 aromatic rings. The molecule has 0 atom stereocenters. The van der Waals surface area contributed by atoms with E-state index in [2.05, 4.69) is 13.8 Å². The van der Waals surface area contributed by atoms with E-state index in [-0.39, 0.29) is 0 Å². The minimum atomic E-state index is -5.67. The highest BCUT2D eigenvalue weighted by molar-refractivity contribution is 7.81. The van der Waals surface area contributed by atoms with Gasteiger partial charge in [0.1, 0.15) is 0 Å². The molecule has 0 bridgehead atoms. The van der Waals surface area contributed by atoms with E-state index >= 15 is 0 Å². The molecule has 0 aromatic carbocycles. The van der Waals surface area contributed by atoms with E-state index in [1.165, 1.54) is 64.2 Å². The number of unbranched alkanes of at least 4 members (excludes halogenated alkanes) is 9. The molecular formula is C12H26F2O2S. The van der Waals surface area contributed by atoms with Crippen LogP contribution < -0.4 is 0 Å². The van der Waals surface area contributed by atoms with Crippen LogP contribution >= 0.6 is 0 Å². The van der Waals surface area contributed by atoms with Gasteiger partial charge in [0.05, 0.1) is 0 Å². The van der Waals surface area contributed by atoms with Gasteiger partial charge in [-0.1, -0.05) is 85.8 Å². The summed E-state index contributed by atoms with van der Waals surface area (Å²) in [6, 6.07) is 0. The van der Waals surface area contributed by atoms with Crippen LogP contribution in [0.25, 0.3) is 0 Å². The summed E-state index contributed by atoms with van der Waals surface area (Å²) in [5.74, 6) is 0. The zero-order valence-electron chi connectivity index (χ0n) is 11.1. The molecule has 0 aliphatic rings. The molecule has 0 saturated heterocycles. The maximum Gasteiger partial charge on any atom is 0.476 e. The monoisotopic (exact) mass is 272 g/mol. The Morgan fingerprint density at radius 3 is 1.00 bits per heavy atom. The molecule has 0 spiro atoms. The van der Waals surface area contributed by atoms with E-state index < -0.39 is 10.6 Å². The standard InChI is InChI=1S/C12H26.F2O2S/c1-3-5-7-9-11-12-10-8-6-4-2;1-5(2,3)4/h3-12H2,1-2H3;. The van der Waals surface area contributed by atoms with Gasteiger partial charge in [-0.15, -0.1) is 0 Å². The van der Waals surface area contributed by atoms with Gasteiger partial charge in [-0.3, -0.25) is 0 Å². The van der Waals surface area contributed by atoms with Crippen LogP contribution in [0.3, 0.4) is 0 Å². The Kier molecular flexibility index (Phi) is 15.6. The average Bonchev–Trinajstić information content (AvgIpc) is 2.20. The lowest BCUT2D eigenvalue weighted by Crippen LogP contribution is -1.80. The van der Waals surface area contributed by atoms with Crippen molar-refractivity contribution in [2.24, 2.45) is 0 Å². The lowest BCUT2D eigenvalue weighted by Gasteiger charge is -1.99. The van der Waals surface area contributed by atoms with Crippen molar-refractivity contribution < 1.29 is 16.2 Å². The molecule has 0 N–H and O–H groups in total. The van der Waals surface area contributed by atoms with Crippen LogP contribution in [0, 0.1) is 0 Å². The molecule has 5 heteroatoms. The first kappa shape index (κ1) is 19.2. The fraction of sp³-hybridized carbons (Fsp3) is 1.00. The van der Waals surface area contributed by atoms with E-state index in [1.807, 2.05) is 0 Å². The van der Waals surface area contributed by atoms with E-state index in [0.29, 0.717) is 0 Å². The topological polar surface area (TPSA) is 34.1 Å². The van der Waals surface area contributed by atoms with Crippen LogP contribution in [0.5, 0.6) is 0 Å². The normalized spacial score (nSPS) is 10.8. The second-order valence-electron chi connectivity index (χ2n) is 4.21. The Bertz CT molecular complexity index is 211. The second-order valence-corrected chi connectivity index (χ2v) is 4.96. The lowest BCUT2D eigenvalue weighted by atomic mass is 10.1. The summed E-state index contributed by atoms with van der Waals surface area (Å²) in [6.45, 7) is 4.56. The summed E-state index contributed by atoms with van der Waals surface area (Å²) < 4.78 is 36.6. The van der Waals surface area contributed by atoms with Crippen LogP contribution in [-0.2, 0) is 10.6 Å².